The van der Waals surface area contributed by atoms with Gasteiger partial charge in [-0.2, -0.15) is 0 Å². The second-order valence-corrected chi connectivity index (χ2v) is 8.12. The van der Waals surface area contributed by atoms with Gasteiger partial charge < -0.3 is 9.64 Å². The van der Waals surface area contributed by atoms with Crippen molar-refractivity contribution in [1.82, 2.24) is 9.88 Å². The van der Waals surface area contributed by atoms with E-state index in [1.54, 1.807) is 6.20 Å². The molecule has 1 aromatic heterocycles. The zero-order chi connectivity index (χ0) is 16.6. The lowest BCUT2D eigenvalue weighted by atomic mass is 9.92. The van der Waals surface area contributed by atoms with Crippen molar-refractivity contribution in [3.05, 3.63) is 59.8 Å². The first kappa shape index (κ1) is 15.5. The predicted octanol–water partition coefficient (Wildman–Crippen LogP) is 3.17. The maximum absolute atomic E-state index is 12.6. The number of amides is 1. The third-order valence-electron chi connectivity index (χ3n) is 4.61. The molecule has 4 rings (SSSR count). The highest BCUT2D eigenvalue weighted by atomic mass is 32.2. The summed E-state index contributed by atoms with van der Waals surface area (Å²) >= 11 is 1.93. The molecule has 2 aromatic rings. The summed E-state index contributed by atoms with van der Waals surface area (Å²) in [6.07, 6.45) is 2.91. The molecule has 1 spiro atoms. The Bertz CT molecular complexity index is 744. The SMILES string of the molecule is Cc1cccc(C(=O)N2CC3(C[C@@H](Oc4ccccn4)CS3)C2)c1. The van der Waals surface area contributed by atoms with E-state index in [1.807, 2.05) is 66.1 Å². The van der Waals surface area contributed by atoms with E-state index in [-0.39, 0.29) is 16.8 Å². The van der Waals surface area contributed by atoms with Crippen molar-refractivity contribution >= 4 is 17.7 Å². The molecule has 1 atom stereocenters. The molecule has 2 aliphatic heterocycles. The smallest absolute Gasteiger partial charge is 0.253 e. The molecular formula is C19H20N2O2S. The molecule has 2 aliphatic rings. The van der Waals surface area contributed by atoms with Crippen LogP contribution in [0.3, 0.4) is 0 Å². The average Bonchev–Trinajstić information content (AvgIpc) is 2.98. The highest BCUT2D eigenvalue weighted by Gasteiger charge is 2.51. The van der Waals surface area contributed by atoms with Crippen molar-refractivity contribution in [2.24, 2.45) is 0 Å². The monoisotopic (exact) mass is 340 g/mol. The van der Waals surface area contributed by atoms with Crippen molar-refractivity contribution in [1.29, 1.82) is 0 Å². The van der Waals surface area contributed by atoms with E-state index < -0.39 is 0 Å². The first-order valence-corrected chi connectivity index (χ1v) is 9.20. The summed E-state index contributed by atoms with van der Waals surface area (Å²) in [6.45, 7) is 3.64. The molecule has 5 heteroatoms. The van der Waals surface area contributed by atoms with Crippen molar-refractivity contribution in [3.8, 4) is 5.88 Å². The third-order valence-corrected chi connectivity index (χ3v) is 6.19. The van der Waals surface area contributed by atoms with E-state index in [4.69, 9.17) is 4.74 Å². The summed E-state index contributed by atoms with van der Waals surface area (Å²) in [5.41, 5.74) is 1.91. The van der Waals surface area contributed by atoms with Gasteiger partial charge in [0.1, 0.15) is 6.10 Å². The highest BCUT2D eigenvalue weighted by Crippen LogP contribution is 2.46. The Hall–Kier alpha value is -2.01. The van der Waals surface area contributed by atoms with Crippen LogP contribution in [0.1, 0.15) is 22.3 Å². The summed E-state index contributed by atoms with van der Waals surface area (Å²) in [6, 6.07) is 13.5. The standard InChI is InChI=1S/C19H20N2O2S/c1-14-5-4-6-15(9-14)18(22)21-12-19(13-21)10-16(11-24-19)23-17-7-2-3-8-20-17/h2-9,16H,10-13H2,1H3/t16-/m1/s1. The summed E-state index contributed by atoms with van der Waals surface area (Å²) in [7, 11) is 0. The number of carbonyl (C=O) groups excluding carboxylic acids is 1. The third kappa shape index (κ3) is 3.00. The molecule has 4 nitrogen and oxygen atoms in total. The van der Waals surface area contributed by atoms with Crippen molar-refractivity contribution in [2.75, 3.05) is 18.8 Å². The molecular weight excluding hydrogens is 320 g/mol. The van der Waals surface area contributed by atoms with Gasteiger partial charge in [-0.3, -0.25) is 4.79 Å². The molecule has 0 unspecified atom stereocenters. The normalized spacial score (nSPS) is 21.5. The molecule has 0 bridgehead atoms. The van der Waals surface area contributed by atoms with Crippen molar-refractivity contribution in [2.45, 2.75) is 24.2 Å². The first-order chi connectivity index (χ1) is 11.6. The van der Waals surface area contributed by atoms with Gasteiger partial charge >= 0.3 is 0 Å². The van der Waals surface area contributed by atoms with Gasteiger partial charge in [-0.05, 0) is 25.1 Å². The number of nitrogens with zero attached hydrogens (tertiary/aromatic N) is 2. The van der Waals surface area contributed by atoms with Gasteiger partial charge in [-0.15, -0.1) is 11.8 Å². The molecule has 3 heterocycles. The fraction of sp³-hybridized carbons (Fsp3) is 0.368. The molecule has 0 saturated carbocycles. The van der Waals surface area contributed by atoms with Crippen LogP contribution in [-0.4, -0.2) is 45.5 Å². The molecule has 0 N–H and O–H groups in total. The Morgan fingerprint density at radius 1 is 1.29 bits per heavy atom. The number of benzene rings is 1. The van der Waals surface area contributed by atoms with Crippen LogP contribution < -0.4 is 4.74 Å². The number of hydrogen-bond acceptors (Lipinski definition) is 4. The molecule has 1 aromatic carbocycles. The Morgan fingerprint density at radius 2 is 2.17 bits per heavy atom. The van der Waals surface area contributed by atoms with Crippen LogP contribution >= 0.6 is 11.8 Å². The predicted molar refractivity (Wildman–Crippen MR) is 95.5 cm³/mol. The molecule has 1 amide bonds. The summed E-state index contributed by atoms with van der Waals surface area (Å²) in [5, 5.41) is 0. The number of hydrogen-bond donors (Lipinski definition) is 0. The van der Waals surface area contributed by atoms with Gasteiger partial charge in [0.25, 0.3) is 5.91 Å². The number of carbonyl (C=O) groups is 1. The Kier molecular flexibility index (Phi) is 3.96. The molecule has 0 aliphatic carbocycles. The van der Waals surface area contributed by atoms with Crippen LogP contribution in [-0.2, 0) is 0 Å². The highest BCUT2D eigenvalue weighted by molar-refractivity contribution is 8.01. The van der Waals surface area contributed by atoms with Crippen molar-refractivity contribution < 1.29 is 9.53 Å². The molecule has 124 valence electrons. The average molecular weight is 340 g/mol. The second kappa shape index (κ2) is 6.13. The zero-order valence-corrected chi connectivity index (χ0v) is 14.5. The lowest BCUT2D eigenvalue weighted by Gasteiger charge is -2.47. The molecule has 0 radical (unpaired) electrons. The van der Waals surface area contributed by atoms with Crippen LogP contribution in [0.15, 0.2) is 48.7 Å². The number of pyridine rings is 1. The van der Waals surface area contributed by atoms with E-state index in [0.29, 0.717) is 5.88 Å². The van der Waals surface area contributed by atoms with E-state index in [1.165, 1.54) is 0 Å². The Balaban J connectivity index is 1.34. The minimum Gasteiger partial charge on any atom is -0.473 e. The van der Waals surface area contributed by atoms with Crippen LogP contribution in [0.2, 0.25) is 0 Å². The summed E-state index contributed by atoms with van der Waals surface area (Å²) in [4.78, 5) is 18.7. The molecule has 2 fully saturated rings. The summed E-state index contributed by atoms with van der Waals surface area (Å²) in [5.74, 6) is 1.79. The number of likely N-dealkylation sites (tertiary alicyclic amines) is 1. The minimum absolute atomic E-state index is 0.138. The van der Waals surface area contributed by atoms with E-state index in [2.05, 4.69) is 4.98 Å². The van der Waals surface area contributed by atoms with Crippen molar-refractivity contribution in [3.63, 3.8) is 0 Å². The Labute approximate surface area is 146 Å². The quantitative estimate of drug-likeness (QED) is 0.861. The number of aromatic nitrogens is 1. The van der Waals surface area contributed by atoms with Crippen LogP contribution in [0.4, 0.5) is 0 Å². The minimum atomic E-state index is 0.138. The largest absolute Gasteiger partial charge is 0.473 e. The topological polar surface area (TPSA) is 42.4 Å². The van der Waals surface area contributed by atoms with Crippen LogP contribution in [0, 0.1) is 6.92 Å². The van der Waals surface area contributed by atoms with Gasteiger partial charge in [-0.25, -0.2) is 4.98 Å². The summed E-state index contributed by atoms with van der Waals surface area (Å²) < 4.78 is 6.13. The van der Waals surface area contributed by atoms with E-state index in [9.17, 15) is 4.79 Å². The van der Waals surface area contributed by atoms with Crippen LogP contribution in [0.25, 0.3) is 0 Å². The van der Waals surface area contributed by atoms with Gasteiger partial charge in [0.05, 0.1) is 4.75 Å². The molecule has 24 heavy (non-hydrogen) atoms. The zero-order valence-electron chi connectivity index (χ0n) is 13.6. The van der Waals surface area contributed by atoms with Gasteiger partial charge in [0, 0.05) is 43.1 Å². The van der Waals surface area contributed by atoms with Gasteiger partial charge in [0.2, 0.25) is 5.88 Å². The second-order valence-electron chi connectivity index (χ2n) is 6.64. The fourth-order valence-electron chi connectivity index (χ4n) is 3.44. The maximum Gasteiger partial charge on any atom is 0.253 e. The fourth-order valence-corrected chi connectivity index (χ4v) is 4.96. The van der Waals surface area contributed by atoms with Crippen LogP contribution in [0.5, 0.6) is 5.88 Å². The number of thioether (sulfide) groups is 1. The number of rotatable bonds is 3. The van der Waals surface area contributed by atoms with Gasteiger partial charge in [-0.1, -0.05) is 23.8 Å². The first-order valence-electron chi connectivity index (χ1n) is 8.21. The van der Waals surface area contributed by atoms with E-state index >= 15 is 0 Å². The Morgan fingerprint density at radius 3 is 2.92 bits per heavy atom. The number of ether oxygens (including phenoxy) is 1. The molecule has 2 saturated heterocycles. The van der Waals surface area contributed by atoms with Gasteiger partial charge in [0.15, 0.2) is 0 Å². The van der Waals surface area contributed by atoms with E-state index in [0.717, 1.165) is 36.4 Å². The lowest BCUT2D eigenvalue weighted by Crippen LogP contribution is -2.60. The number of aryl methyl sites for hydroxylation is 1. The maximum atomic E-state index is 12.6. The lowest BCUT2D eigenvalue weighted by molar-refractivity contribution is 0.0516.